The van der Waals surface area contributed by atoms with Gasteiger partial charge in [0.05, 0.1) is 13.2 Å². The average Bonchev–Trinajstić information content (AvgIpc) is 2.70. The first kappa shape index (κ1) is 12.8. The SMILES string of the molecule is [CH2-]CCC1(c2ccccc2)OCCO1.[Li+]. The summed E-state index contributed by atoms with van der Waals surface area (Å²) in [6.07, 6.45) is 1.63. The van der Waals surface area contributed by atoms with Crippen molar-refractivity contribution in [3.05, 3.63) is 42.8 Å². The average molecular weight is 198 g/mol. The van der Waals surface area contributed by atoms with Crippen LogP contribution in [0.15, 0.2) is 30.3 Å². The van der Waals surface area contributed by atoms with Crippen LogP contribution in [0.3, 0.4) is 0 Å². The van der Waals surface area contributed by atoms with Crippen LogP contribution >= 0.6 is 0 Å². The molecule has 1 aromatic carbocycles. The Hall–Kier alpha value is -0.263. The van der Waals surface area contributed by atoms with Gasteiger partial charge in [-0.15, -0.1) is 0 Å². The second-order valence-corrected chi connectivity index (χ2v) is 3.42. The van der Waals surface area contributed by atoms with E-state index in [9.17, 15) is 0 Å². The van der Waals surface area contributed by atoms with Gasteiger partial charge in [0.2, 0.25) is 0 Å². The van der Waals surface area contributed by atoms with E-state index < -0.39 is 5.79 Å². The fourth-order valence-corrected chi connectivity index (χ4v) is 1.83. The summed E-state index contributed by atoms with van der Waals surface area (Å²) in [5.41, 5.74) is 1.10. The summed E-state index contributed by atoms with van der Waals surface area (Å²) < 4.78 is 11.4. The van der Waals surface area contributed by atoms with Gasteiger partial charge in [-0.25, -0.2) is 0 Å². The molecule has 0 atom stereocenters. The van der Waals surface area contributed by atoms with E-state index in [0.717, 1.165) is 18.4 Å². The van der Waals surface area contributed by atoms with E-state index in [0.29, 0.717) is 13.2 Å². The topological polar surface area (TPSA) is 18.5 Å². The minimum Gasteiger partial charge on any atom is -0.344 e. The molecule has 0 bridgehead atoms. The minimum absolute atomic E-state index is 0. The van der Waals surface area contributed by atoms with Gasteiger partial charge >= 0.3 is 18.9 Å². The Balaban J connectivity index is 0.00000112. The Morgan fingerprint density at radius 1 is 1.13 bits per heavy atom. The molecule has 15 heavy (non-hydrogen) atoms. The second-order valence-electron chi connectivity index (χ2n) is 3.42. The van der Waals surface area contributed by atoms with Gasteiger partial charge in [0.1, 0.15) is 0 Å². The molecular weight excluding hydrogens is 183 g/mol. The molecule has 0 unspecified atom stereocenters. The number of hydrogen-bond acceptors (Lipinski definition) is 2. The summed E-state index contributed by atoms with van der Waals surface area (Å²) in [7, 11) is 0. The van der Waals surface area contributed by atoms with Crippen molar-refractivity contribution in [2.24, 2.45) is 0 Å². The Kier molecular flexibility index (Phi) is 4.88. The monoisotopic (exact) mass is 198 g/mol. The fraction of sp³-hybridized carbons (Fsp3) is 0.417. The summed E-state index contributed by atoms with van der Waals surface area (Å²) in [6.45, 7) is 5.21. The molecule has 1 fully saturated rings. The Morgan fingerprint density at radius 2 is 1.73 bits per heavy atom. The molecule has 1 aliphatic rings. The van der Waals surface area contributed by atoms with Gasteiger partial charge in [-0.05, 0) is 6.42 Å². The van der Waals surface area contributed by atoms with Crippen molar-refractivity contribution in [3.8, 4) is 0 Å². The van der Waals surface area contributed by atoms with Gasteiger partial charge in [0, 0.05) is 5.56 Å². The van der Waals surface area contributed by atoms with E-state index in [1.54, 1.807) is 0 Å². The molecular formula is C12H15LiO2. The van der Waals surface area contributed by atoms with Crippen LogP contribution in [0.2, 0.25) is 0 Å². The summed E-state index contributed by atoms with van der Waals surface area (Å²) in [5, 5.41) is 0. The molecule has 0 saturated carbocycles. The Labute approximate surface area is 103 Å². The predicted molar refractivity (Wildman–Crippen MR) is 54.6 cm³/mol. The summed E-state index contributed by atoms with van der Waals surface area (Å²) in [4.78, 5) is 0. The molecule has 1 heterocycles. The second kappa shape index (κ2) is 5.72. The van der Waals surface area contributed by atoms with Crippen LogP contribution in [0.4, 0.5) is 0 Å². The Morgan fingerprint density at radius 3 is 2.27 bits per heavy atom. The van der Waals surface area contributed by atoms with Crippen LogP contribution in [0, 0.1) is 6.92 Å². The molecule has 0 aromatic heterocycles. The molecule has 1 aliphatic heterocycles. The maximum Gasteiger partial charge on any atom is 1.00 e. The van der Waals surface area contributed by atoms with Crippen LogP contribution < -0.4 is 18.9 Å². The smallest absolute Gasteiger partial charge is 0.344 e. The van der Waals surface area contributed by atoms with Crippen LogP contribution in [0.25, 0.3) is 0 Å². The summed E-state index contributed by atoms with van der Waals surface area (Å²) in [6, 6.07) is 10.1. The molecule has 0 amide bonds. The quantitative estimate of drug-likeness (QED) is 0.482. The number of hydrogen-bond donors (Lipinski definition) is 0. The van der Waals surface area contributed by atoms with Crippen molar-refractivity contribution in [3.63, 3.8) is 0 Å². The third-order valence-electron chi connectivity index (χ3n) is 2.47. The van der Waals surface area contributed by atoms with Gasteiger partial charge in [0.25, 0.3) is 0 Å². The van der Waals surface area contributed by atoms with Gasteiger partial charge in [-0.3, -0.25) is 0 Å². The predicted octanol–water partition coefficient (Wildman–Crippen LogP) is -0.496. The molecule has 3 heteroatoms. The number of rotatable bonds is 3. The third-order valence-corrected chi connectivity index (χ3v) is 2.47. The molecule has 0 aliphatic carbocycles. The van der Waals surface area contributed by atoms with E-state index in [4.69, 9.17) is 9.47 Å². The molecule has 0 radical (unpaired) electrons. The van der Waals surface area contributed by atoms with Crippen LogP contribution in [-0.4, -0.2) is 13.2 Å². The Bertz CT molecular complexity index is 281. The molecule has 1 saturated heterocycles. The first-order chi connectivity index (χ1) is 6.87. The molecule has 1 aromatic rings. The van der Waals surface area contributed by atoms with Gasteiger partial charge in [-0.2, -0.15) is 6.42 Å². The summed E-state index contributed by atoms with van der Waals surface area (Å²) >= 11 is 0. The van der Waals surface area contributed by atoms with Gasteiger partial charge < -0.3 is 16.4 Å². The standard InChI is InChI=1S/C12H15O2.Li/c1-2-8-12(13-9-10-14-12)11-6-4-3-5-7-11;/h3-7H,1-2,8-10H2;/q-1;+1. The van der Waals surface area contributed by atoms with E-state index in [2.05, 4.69) is 6.92 Å². The first-order valence-electron chi connectivity index (χ1n) is 5.00. The van der Waals surface area contributed by atoms with Crippen LogP contribution in [0.1, 0.15) is 18.4 Å². The zero-order valence-electron chi connectivity index (χ0n) is 9.24. The van der Waals surface area contributed by atoms with E-state index in [-0.39, 0.29) is 18.9 Å². The first-order valence-corrected chi connectivity index (χ1v) is 5.00. The fourth-order valence-electron chi connectivity index (χ4n) is 1.83. The van der Waals surface area contributed by atoms with E-state index in [1.165, 1.54) is 0 Å². The molecule has 2 nitrogen and oxygen atoms in total. The largest absolute Gasteiger partial charge is 1.00 e. The van der Waals surface area contributed by atoms with Crippen molar-refractivity contribution in [2.45, 2.75) is 18.6 Å². The zero-order valence-corrected chi connectivity index (χ0v) is 9.24. The third kappa shape index (κ3) is 2.65. The van der Waals surface area contributed by atoms with Crippen LogP contribution in [-0.2, 0) is 15.3 Å². The van der Waals surface area contributed by atoms with Gasteiger partial charge in [-0.1, -0.05) is 30.3 Å². The van der Waals surface area contributed by atoms with E-state index in [1.807, 2.05) is 30.3 Å². The van der Waals surface area contributed by atoms with E-state index >= 15 is 0 Å². The van der Waals surface area contributed by atoms with Crippen molar-refractivity contribution in [2.75, 3.05) is 13.2 Å². The van der Waals surface area contributed by atoms with Crippen LogP contribution in [0.5, 0.6) is 0 Å². The minimum atomic E-state index is -0.525. The number of benzene rings is 1. The molecule has 0 N–H and O–H groups in total. The van der Waals surface area contributed by atoms with Crippen molar-refractivity contribution in [1.82, 2.24) is 0 Å². The van der Waals surface area contributed by atoms with Crippen molar-refractivity contribution >= 4 is 0 Å². The van der Waals surface area contributed by atoms with Crippen molar-refractivity contribution < 1.29 is 28.3 Å². The maximum atomic E-state index is 5.70. The molecule has 2 rings (SSSR count). The van der Waals surface area contributed by atoms with Gasteiger partial charge in [0.15, 0.2) is 5.79 Å². The maximum absolute atomic E-state index is 5.70. The number of ether oxygens (including phenoxy) is 2. The zero-order chi connectivity index (χ0) is 9.86. The molecule has 76 valence electrons. The van der Waals surface area contributed by atoms with Crippen molar-refractivity contribution in [1.29, 1.82) is 0 Å². The molecule has 0 spiro atoms. The summed E-state index contributed by atoms with van der Waals surface area (Å²) in [5.74, 6) is -0.525. The normalized spacial score (nSPS) is 18.5.